The zero-order valence-corrected chi connectivity index (χ0v) is 10.7. The first kappa shape index (κ1) is 13.9. The van der Waals surface area contributed by atoms with Gasteiger partial charge in [-0.2, -0.15) is 0 Å². The van der Waals surface area contributed by atoms with Crippen LogP contribution >= 0.6 is 8.53 Å². The number of carbonyl (C=O) groups is 1. The molecule has 2 unspecified atom stereocenters. The Kier molecular flexibility index (Phi) is 5.91. The average molecular weight is 257 g/mol. The van der Waals surface area contributed by atoms with E-state index in [2.05, 4.69) is 5.09 Å². The lowest BCUT2D eigenvalue weighted by Crippen LogP contribution is -2.32. The van der Waals surface area contributed by atoms with Gasteiger partial charge < -0.3 is 14.2 Å². The summed E-state index contributed by atoms with van der Waals surface area (Å²) < 4.78 is 10.0. The molecule has 0 heterocycles. The second kappa shape index (κ2) is 7.22. The fourth-order valence-corrected chi connectivity index (χ4v) is 1.90. The van der Waals surface area contributed by atoms with Crippen LogP contribution in [0.15, 0.2) is 30.3 Å². The molecule has 0 fully saturated rings. The van der Waals surface area contributed by atoms with Gasteiger partial charge in [0.05, 0.1) is 6.61 Å². The maximum absolute atomic E-state index is 11.3. The van der Waals surface area contributed by atoms with Crippen LogP contribution in [0.25, 0.3) is 0 Å². The molecule has 0 amide bonds. The molecule has 0 spiro atoms. The largest absolute Gasteiger partial charge is 0.465 e. The van der Waals surface area contributed by atoms with Gasteiger partial charge in [0.15, 0.2) is 0 Å². The summed E-state index contributed by atoms with van der Waals surface area (Å²) in [6.45, 7) is 3.65. The number of benzene rings is 1. The van der Waals surface area contributed by atoms with Gasteiger partial charge in [-0.05, 0) is 26.0 Å². The molecule has 6 heteroatoms. The molecule has 1 aromatic rings. The second-order valence-corrected chi connectivity index (χ2v) is 4.27. The first-order chi connectivity index (χ1) is 8.13. The number of nitrogens with one attached hydrogen (secondary N) is 1. The maximum Gasteiger partial charge on any atom is 0.323 e. The molecule has 0 aliphatic heterocycles. The summed E-state index contributed by atoms with van der Waals surface area (Å²) in [4.78, 5) is 20.9. The summed E-state index contributed by atoms with van der Waals surface area (Å²) in [6, 6.07) is 8.29. The normalized spacial score (nSPS) is 13.8. The smallest absolute Gasteiger partial charge is 0.323 e. The first-order valence-corrected chi connectivity index (χ1v) is 6.49. The standard InChI is InChI=1S/C11H16NO4P/c1-3-15-11(13)9(2)12-17(14)16-10-7-5-4-6-8-10/h4-9,12,14H,3H2,1-2H3. The summed E-state index contributed by atoms with van der Waals surface area (Å²) in [5.41, 5.74) is 0. The van der Waals surface area contributed by atoms with Gasteiger partial charge in [-0.3, -0.25) is 4.79 Å². The van der Waals surface area contributed by atoms with Crippen LogP contribution in [-0.2, 0) is 9.53 Å². The summed E-state index contributed by atoms with van der Waals surface area (Å²) in [5.74, 6) is 0.135. The average Bonchev–Trinajstić information content (AvgIpc) is 2.30. The molecule has 0 bridgehead atoms. The minimum Gasteiger partial charge on any atom is -0.465 e. The lowest BCUT2D eigenvalue weighted by molar-refractivity contribution is -0.144. The van der Waals surface area contributed by atoms with Gasteiger partial charge in [0.25, 0.3) is 0 Å². The highest BCUT2D eigenvalue weighted by molar-refractivity contribution is 7.44. The first-order valence-electron chi connectivity index (χ1n) is 5.28. The molecule has 5 nitrogen and oxygen atoms in total. The van der Waals surface area contributed by atoms with Gasteiger partial charge in [-0.1, -0.05) is 18.2 Å². The maximum atomic E-state index is 11.3. The molecule has 0 aromatic heterocycles. The summed E-state index contributed by atoms with van der Waals surface area (Å²) in [6.07, 6.45) is 0. The number of hydrogen-bond acceptors (Lipinski definition) is 5. The van der Waals surface area contributed by atoms with E-state index in [1.807, 2.05) is 6.07 Å². The van der Waals surface area contributed by atoms with Crippen LogP contribution in [0.1, 0.15) is 13.8 Å². The quantitative estimate of drug-likeness (QED) is 0.601. The Balaban J connectivity index is 2.39. The van der Waals surface area contributed by atoms with Crippen LogP contribution in [0.5, 0.6) is 5.75 Å². The van der Waals surface area contributed by atoms with Crippen LogP contribution in [0.2, 0.25) is 0 Å². The van der Waals surface area contributed by atoms with Gasteiger partial charge in [0, 0.05) is 0 Å². The summed E-state index contributed by atoms with van der Waals surface area (Å²) >= 11 is 0. The van der Waals surface area contributed by atoms with Gasteiger partial charge in [0.1, 0.15) is 11.8 Å². The van der Waals surface area contributed by atoms with Crippen LogP contribution in [0.3, 0.4) is 0 Å². The topological polar surface area (TPSA) is 67.8 Å². The van der Waals surface area contributed by atoms with Crippen LogP contribution in [0, 0.1) is 0 Å². The van der Waals surface area contributed by atoms with E-state index in [-0.39, 0.29) is 0 Å². The fourth-order valence-electron chi connectivity index (χ4n) is 1.09. The van der Waals surface area contributed by atoms with E-state index >= 15 is 0 Å². The van der Waals surface area contributed by atoms with E-state index in [4.69, 9.17) is 9.26 Å². The Morgan fingerprint density at radius 2 is 2.12 bits per heavy atom. The number of ether oxygens (including phenoxy) is 1. The van der Waals surface area contributed by atoms with Crippen molar-refractivity contribution in [2.45, 2.75) is 19.9 Å². The molecule has 0 saturated heterocycles. The molecule has 0 aliphatic carbocycles. The Labute approximate surface area is 102 Å². The third kappa shape index (κ3) is 5.13. The zero-order chi connectivity index (χ0) is 12.7. The molecule has 0 radical (unpaired) electrons. The lowest BCUT2D eigenvalue weighted by atomic mass is 10.3. The van der Waals surface area contributed by atoms with E-state index in [9.17, 15) is 9.69 Å². The Bertz CT molecular complexity index is 347. The van der Waals surface area contributed by atoms with Crippen molar-refractivity contribution in [2.24, 2.45) is 0 Å². The van der Waals surface area contributed by atoms with Crippen molar-refractivity contribution >= 4 is 14.5 Å². The molecule has 2 N–H and O–H groups in total. The van der Waals surface area contributed by atoms with Crippen molar-refractivity contribution in [3.63, 3.8) is 0 Å². The fraction of sp³-hybridized carbons (Fsp3) is 0.364. The van der Waals surface area contributed by atoms with Gasteiger partial charge in [-0.15, -0.1) is 0 Å². The number of rotatable bonds is 6. The minimum absolute atomic E-state index is 0.313. The highest BCUT2D eigenvalue weighted by Crippen LogP contribution is 2.29. The molecule has 1 aromatic carbocycles. The van der Waals surface area contributed by atoms with E-state index in [1.165, 1.54) is 0 Å². The second-order valence-electron chi connectivity index (χ2n) is 3.28. The summed E-state index contributed by atoms with van der Waals surface area (Å²) in [5, 5.41) is 2.64. The molecule has 0 saturated carbocycles. The minimum atomic E-state index is -1.89. The number of esters is 1. The third-order valence-electron chi connectivity index (χ3n) is 1.88. The van der Waals surface area contributed by atoms with Crippen molar-refractivity contribution in [1.29, 1.82) is 0 Å². The molecular formula is C11H16NO4P. The molecule has 0 aliphatic rings. The number of carbonyl (C=O) groups excluding carboxylic acids is 1. The molecule has 2 atom stereocenters. The SMILES string of the molecule is CCOC(=O)C(C)NP(O)Oc1ccccc1. The molecular weight excluding hydrogens is 241 g/mol. The predicted molar refractivity (Wildman–Crippen MR) is 65.4 cm³/mol. The van der Waals surface area contributed by atoms with Crippen LogP contribution in [-0.4, -0.2) is 23.5 Å². The van der Waals surface area contributed by atoms with E-state index in [0.717, 1.165) is 0 Å². The zero-order valence-electron chi connectivity index (χ0n) is 9.79. The van der Waals surface area contributed by atoms with E-state index in [1.54, 1.807) is 38.1 Å². The predicted octanol–water partition coefficient (Wildman–Crippen LogP) is 1.83. The van der Waals surface area contributed by atoms with Crippen molar-refractivity contribution in [2.75, 3.05) is 6.61 Å². The van der Waals surface area contributed by atoms with E-state index < -0.39 is 20.5 Å². The van der Waals surface area contributed by atoms with Crippen molar-refractivity contribution in [3.05, 3.63) is 30.3 Å². The van der Waals surface area contributed by atoms with Gasteiger partial charge >= 0.3 is 14.5 Å². The monoisotopic (exact) mass is 257 g/mol. The Hall–Kier alpha value is -1.16. The van der Waals surface area contributed by atoms with Gasteiger partial charge in [0.2, 0.25) is 0 Å². The highest BCUT2D eigenvalue weighted by Gasteiger charge is 2.19. The number of hydrogen-bond donors (Lipinski definition) is 2. The van der Waals surface area contributed by atoms with Crippen molar-refractivity contribution in [1.82, 2.24) is 5.09 Å². The van der Waals surface area contributed by atoms with Crippen molar-refractivity contribution < 1.29 is 18.9 Å². The third-order valence-corrected chi connectivity index (χ3v) is 2.87. The molecule has 94 valence electrons. The molecule has 1 rings (SSSR count). The van der Waals surface area contributed by atoms with Gasteiger partial charge in [-0.25, -0.2) is 5.09 Å². The summed E-state index contributed by atoms with van der Waals surface area (Å²) in [7, 11) is -1.89. The van der Waals surface area contributed by atoms with Crippen LogP contribution in [0.4, 0.5) is 0 Å². The van der Waals surface area contributed by atoms with Crippen molar-refractivity contribution in [3.8, 4) is 5.75 Å². The van der Waals surface area contributed by atoms with E-state index in [0.29, 0.717) is 12.4 Å². The highest BCUT2D eigenvalue weighted by atomic mass is 31.2. The van der Waals surface area contributed by atoms with Crippen LogP contribution < -0.4 is 9.61 Å². The number of para-hydroxylation sites is 1. The lowest BCUT2D eigenvalue weighted by Gasteiger charge is -2.16. The Morgan fingerprint density at radius 1 is 1.47 bits per heavy atom. The Morgan fingerprint density at radius 3 is 2.71 bits per heavy atom. The molecule has 17 heavy (non-hydrogen) atoms.